The van der Waals surface area contributed by atoms with Gasteiger partial charge in [-0.2, -0.15) is 0 Å². The molecule has 1 aromatic carbocycles. The van der Waals surface area contributed by atoms with Gasteiger partial charge < -0.3 is 0 Å². The van der Waals surface area contributed by atoms with Gasteiger partial charge in [0, 0.05) is 12.1 Å². The van der Waals surface area contributed by atoms with Gasteiger partial charge in [0.2, 0.25) is 5.39 Å². The van der Waals surface area contributed by atoms with Crippen molar-refractivity contribution in [3.05, 3.63) is 35.3 Å². The summed E-state index contributed by atoms with van der Waals surface area (Å²) in [4.78, 5) is 2.97. The summed E-state index contributed by atoms with van der Waals surface area (Å²) in [7, 11) is 9.75. The molecule has 0 spiro atoms. The first kappa shape index (κ1) is 11.0. The summed E-state index contributed by atoms with van der Waals surface area (Å²) in [5.41, 5.74) is 0.590. The normalized spacial score (nSPS) is 7.73. The van der Waals surface area contributed by atoms with E-state index in [9.17, 15) is 0 Å². The maximum atomic E-state index is 8.16. The van der Waals surface area contributed by atoms with Gasteiger partial charge in [0.05, 0.1) is 0 Å². The third kappa shape index (κ3) is 6.35. The van der Waals surface area contributed by atoms with E-state index in [0.717, 1.165) is 0 Å². The molecule has 0 saturated heterocycles. The monoisotopic (exact) mass is 302 g/mol. The fourth-order valence-electron chi connectivity index (χ4n) is 0.495. The first-order valence-corrected chi connectivity index (χ1v) is 8.08. The molecule has 0 atom stereocenters. The van der Waals surface area contributed by atoms with Crippen LogP contribution in [0.3, 0.4) is 0 Å². The van der Waals surface area contributed by atoms with Gasteiger partial charge in [0.25, 0.3) is 0 Å². The summed E-state index contributed by atoms with van der Waals surface area (Å²) in [5, 5.41) is 8.16. The van der Waals surface area contributed by atoms with E-state index in [1.54, 1.807) is 12.1 Å². The average Bonchev–Trinajstić information content (AvgIpc) is 2.08. The van der Waals surface area contributed by atoms with Gasteiger partial charge in [-0.15, -0.1) is 0 Å². The number of nitrogens with zero attached hydrogens (tertiary/aromatic N) is 2. The molecule has 0 bridgehead atoms. The largest absolute Gasteiger partial charge is 0.385 e. The van der Waals surface area contributed by atoms with Gasteiger partial charge in [-0.25, -0.2) is 0 Å². The third-order valence-corrected chi connectivity index (χ3v) is 0.872. The van der Waals surface area contributed by atoms with Crippen molar-refractivity contribution in [3.63, 3.8) is 0 Å². The van der Waals surface area contributed by atoms with Crippen molar-refractivity contribution in [2.24, 2.45) is 0 Å². The van der Waals surface area contributed by atoms with Crippen molar-refractivity contribution < 1.29 is 18.9 Å². The Hall–Kier alpha value is -0.0500. The number of hydrogen-bond donors (Lipinski definition) is 0. The van der Waals surface area contributed by atoms with Crippen LogP contribution in [0, 0.1) is 5.39 Å². The first-order valence-electron chi connectivity index (χ1n) is 2.62. The Kier molecular flexibility index (Phi) is 8.01. The Morgan fingerprint density at radius 1 is 1.18 bits per heavy atom. The van der Waals surface area contributed by atoms with Crippen LogP contribution in [0.1, 0.15) is 0 Å². The maximum Gasteiger partial charge on any atom is 0.385 e. The van der Waals surface area contributed by atoms with Crippen LogP contribution in [0.2, 0.25) is 0 Å². The molecule has 0 fully saturated rings. The van der Waals surface area contributed by atoms with Gasteiger partial charge in [0.1, 0.15) is 0 Å². The SMILES string of the molecule is Cl[I-]Cl.N#[N+]c1ccccc1. The summed E-state index contributed by atoms with van der Waals surface area (Å²) in [5.74, 6) is 0. The first-order chi connectivity index (χ1) is 5.35. The standard InChI is InChI=1S/C6H5N2.Cl2I/c7-8-6-4-2-1-3-5-6;1-3-2/h1-5H;/q+1;-1. The van der Waals surface area contributed by atoms with E-state index in [1.807, 2.05) is 18.2 Å². The second-order valence-corrected chi connectivity index (χ2v) is 4.70. The van der Waals surface area contributed by atoms with Crippen molar-refractivity contribution in [3.8, 4) is 0 Å². The minimum absolute atomic E-state index is 0.466. The molecule has 11 heavy (non-hydrogen) atoms. The van der Waals surface area contributed by atoms with Crippen molar-refractivity contribution in [1.82, 2.24) is 0 Å². The summed E-state index contributed by atoms with van der Waals surface area (Å²) in [6, 6.07) is 8.94. The van der Waals surface area contributed by atoms with Gasteiger partial charge in [-0.05, 0) is 0 Å². The smallest absolute Gasteiger partial charge is 0.0617 e. The van der Waals surface area contributed by atoms with Crippen LogP contribution in [0.5, 0.6) is 0 Å². The molecule has 0 aromatic heterocycles. The minimum atomic E-state index is -0.466. The van der Waals surface area contributed by atoms with E-state index < -0.39 is 18.9 Å². The molecule has 0 saturated carbocycles. The molecule has 0 heterocycles. The second kappa shape index (κ2) is 8.05. The molecule has 0 unspecified atom stereocenters. The Morgan fingerprint density at radius 2 is 1.64 bits per heavy atom. The summed E-state index contributed by atoms with van der Waals surface area (Å²) >= 11 is -0.466. The van der Waals surface area contributed by atoms with Gasteiger partial charge in [0.15, 0.2) is 4.98 Å². The minimum Gasteiger partial charge on any atom is -0.0617 e. The van der Waals surface area contributed by atoms with Crippen LogP contribution in [-0.2, 0) is 0 Å². The van der Waals surface area contributed by atoms with Gasteiger partial charge in [-0.3, -0.25) is 0 Å². The Bertz CT molecular complexity index is 222. The molecule has 0 N–H and O–H groups in total. The van der Waals surface area contributed by atoms with Crippen molar-refractivity contribution in [2.45, 2.75) is 0 Å². The van der Waals surface area contributed by atoms with Crippen LogP contribution in [0.15, 0.2) is 30.3 Å². The van der Waals surface area contributed by atoms with Crippen LogP contribution < -0.4 is 18.9 Å². The molecule has 60 valence electrons. The molecule has 0 aliphatic rings. The van der Waals surface area contributed by atoms with Crippen molar-refractivity contribution >= 4 is 23.5 Å². The summed E-state index contributed by atoms with van der Waals surface area (Å²) in [6.07, 6.45) is 0. The van der Waals surface area contributed by atoms with Crippen LogP contribution in [0.4, 0.5) is 5.69 Å². The van der Waals surface area contributed by atoms with E-state index in [-0.39, 0.29) is 0 Å². The number of benzene rings is 1. The Balaban J connectivity index is 0.000000292. The Morgan fingerprint density at radius 3 is 1.91 bits per heavy atom. The molecule has 1 rings (SSSR count). The van der Waals surface area contributed by atoms with E-state index in [2.05, 4.69) is 4.98 Å². The van der Waals surface area contributed by atoms with E-state index in [0.29, 0.717) is 5.69 Å². The zero-order chi connectivity index (χ0) is 8.53. The number of diazo groups is 1. The molecular weight excluding hydrogens is 298 g/mol. The van der Waals surface area contributed by atoms with E-state index >= 15 is 0 Å². The number of rotatable bonds is 0. The summed E-state index contributed by atoms with van der Waals surface area (Å²) in [6.45, 7) is 0. The molecule has 0 aliphatic heterocycles. The molecule has 0 radical (unpaired) electrons. The second-order valence-electron chi connectivity index (χ2n) is 1.49. The topological polar surface area (TPSA) is 28.1 Å². The molecule has 0 amide bonds. The van der Waals surface area contributed by atoms with E-state index in [1.165, 1.54) is 0 Å². The molecule has 1 aromatic rings. The zero-order valence-corrected chi connectivity index (χ0v) is 9.08. The number of halogens is 3. The van der Waals surface area contributed by atoms with Crippen LogP contribution in [-0.4, -0.2) is 0 Å². The van der Waals surface area contributed by atoms with Gasteiger partial charge in [-0.1, -0.05) is 18.2 Å². The predicted octanol–water partition coefficient (Wildman–Crippen LogP) is 0.554. The molecule has 5 heteroatoms. The molecule has 2 nitrogen and oxygen atoms in total. The third-order valence-electron chi connectivity index (χ3n) is 0.872. The quantitative estimate of drug-likeness (QED) is 0.508. The fraction of sp³-hybridized carbons (Fsp3) is 0. The Labute approximate surface area is 82.8 Å². The predicted molar refractivity (Wildman–Crippen MR) is 42.9 cm³/mol. The fourth-order valence-corrected chi connectivity index (χ4v) is 0.495. The zero-order valence-electron chi connectivity index (χ0n) is 5.42. The van der Waals surface area contributed by atoms with Crippen molar-refractivity contribution in [1.29, 1.82) is 5.39 Å². The summed E-state index contributed by atoms with van der Waals surface area (Å²) < 4.78 is 0. The van der Waals surface area contributed by atoms with Crippen molar-refractivity contribution in [2.75, 3.05) is 0 Å². The molecular formula is C6H5Cl2IN2. The van der Waals surface area contributed by atoms with Crippen LogP contribution in [0.25, 0.3) is 4.98 Å². The molecule has 0 aliphatic carbocycles. The van der Waals surface area contributed by atoms with E-state index in [4.69, 9.17) is 23.2 Å². The van der Waals surface area contributed by atoms with Crippen LogP contribution >= 0.6 is 17.8 Å². The average molecular weight is 303 g/mol. The van der Waals surface area contributed by atoms with Gasteiger partial charge >= 0.3 is 42.5 Å². The number of hydrogen-bond acceptors (Lipinski definition) is 1. The maximum absolute atomic E-state index is 8.16.